The molecule has 0 atom stereocenters. The molecule has 0 aliphatic heterocycles. The molecule has 0 unspecified atom stereocenters. The molecule has 2 aromatic rings. The zero-order valence-electron chi connectivity index (χ0n) is 11.0. The summed E-state index contributed by atoms with van der Waals surface area (Å²) in [5.41, 5.74) is 1.70. The van der Waals surface area contributed by atoms with Crippen LogP contribution in [0, 0.1) is 12.7 Å². The van der Waals surface area contributed by atoms with Gasteiger partial charge in [0, 0.05) is 5.56 Å². The number of hydrogen-bond donors (Lipinski definition) is 1. The lowest BCUT2D eigenvalue weighted by Crippen LogP contribution is -2.24. The molecule has 96 valence electrons. The van der Waals surface area contributed by atoms with Crippen LogP contribution in [0.15, 0.2) is 24.3 Å². The number of rotatable bonds is 1. The fourth-order valence-corrected chi connectivity index (χ4v) is 1.95. The van der Waals surface area contributed by atoms with Gasteiger partial charge in [0.2, 0.25) is 0 Å². The summed E-state index contributed by atoms with van der Waals surface area (Å²) < 4.78 is 14.7. The molecule has 0 saturated heterocycles. The number of benzene rings is 1. The van der Waals surface area contributed by atoms with E-state index in [1.165, 1.54) is 12.1 Å². The highest BCUT2D eigenvalue weighted by atomic mass is 19.1. The summed E-state index contributed by atoms with van der Waals surface area (Å²) in [5.74, 6) is -0.151. The highest BCUT2D eigenvalue weighted by molar-refractivity contribution is 5.67. The molecule has 0 amide bonds. The van der Waals surface area contributed by atoms with E-state index in [2.05, 4.69) is 5.10 Å². The molecule has 0 bridgehead atoms. The third kappa shape index (κ3) is 2.10. The predicted molar refractivity (Wildman–Crippen MR) is 69.0 cm³/mol. The average molecular weight is 248 g/mol. The van der Waals surface area contributed by atoms with Crippen molar-refractivity contribution in [1.82, 2.24) is 9.78 Å². The second-order valence-corrected chi connectivity index (χ2v) is 5.37. The van der Waals surface area contributed by atoms with Crippen molar-refractivity contribution < 1.29 is 9.50 Å². The van der Waals surface area contributed by atoms with Crippen LogP contribution in [-0.2, 0) is 5.54 Å². The van der Waals surface area contributed by atoms with E-state index >= 15 is 0 Å². The van der Waals surface area contributed by atoms with Crippen LogP contribution in [0.2, 0.25) is 0 Å². The zero-order valence-corrected chi connectivity index (χ0v) is 11.0. The first-order chi connectivity index (χ1) is 8.30. The largest absolute Gasteiger partial charge is 0.504 e. The van der Waals surface area contributed by atoms with Gasteiger partial charge in [-0.3, -0.25) is 4.68 Å². The summed E-state index contributed by atoms with van der Waals surface area (Å²) >= 11 is 0. The Morgan fingerprint density at radius 2 is 1.72 bits per heavy atom. The fraction of sp³-hybridized carbons (Fsp3) is 0.357. The summed E-state index contributed by atoms with van der Waals surface area (Å²) in [6, 6.07) is 5.95. The summed E-state index contributed by atoms with van der Waals surface area (Å²) in [4.78, 5) is 0. The predicted octanol–water partition coefficient (Wildman–Crippen LogP) is 3.46. The molecule has 0 fully saturated rings. The van der Waals surface area contributed by atoms with E-state index in [1.807, 2.05) is 27.7 Å². The quantitative estimate of drug-likeness (QED) is 0.839. The van der Waals surface area contributed by atoms with Gasteiger partial charge in [-0.05, 0) is 52.0 Å². The van der Waals surface area contributed by atoms with Gasteiger partial charge in [0.05, 0.1) is 11.2 Å². The number of nitrogens with zero attached hydrogens (tertiary/aromatic N) is 2. The van der Waals surface area contributed by atoms with E-state index in [4.69, 9.17) is 0 Å². The Labute approximate surface area is 106 Å². The van der Waals surface area contributed by atoms with Crippen LogP contribution >= 0.6 is 0 Å². The first-order valence-corrected chi connectivity index (χ1v) is 5.85. The molecule has 4 heteroatoms. The topological polar surface area (TPSA) is 38.1 Å². The molecule has 3 nitrogen and oxygen atoms in total. The van der Waals surface area contributed by atoms with Crippen molar-refractivity contribution in [2.75, 3.05) is 0 Å². The Balaban J connectivity index is 2.56. The van der Waals surface area contributed by atoms with E-state index in [1.54, 1.807) is 16.8 Å². The molecule has 0 saturated carbocycles. The number of aromatic hydroxyl groups is 1. The van der Waals surface area contributed by atoms with Crippen LogP contribution in [0.25, 0.3) is 11.3 Å². The summed E-state index contributed by atoms with van der Waals surface area (Å²) in [6.07, 6.45) is 0. The van der Waals surface area contributed by atoms with Crippen LogP contribution in [0.1, 0.15) is 26.5 Å². The maximum absolute atomic E-state index is 12.9. The maximum atomic E-state index is 12.9. The Kier molecular flexibility index (Phi) is 2.89. The van der Waals surface area contributed by atoms with Gasteiger partial charge in [-0.15, -0.1) is 0 Å². The Morgan fingerprint density at radius 1 is 1.17 bits per heavy atom. The molecule has 0 aliphatic carbocycles. The standard InChI is InChI=1S/C14H17FN2O/c1-9-13(18)12(16-17(9)14(2,3)4)10-5-7-11(15)8-6-10/h5-8,18H,1-4H3. The lowest BCUT2D eigenvalue weighted by molar-refractivity contribution is 0.345. The van der Waals surface area contributed by atoms with Crippen molar-refractivity contribution in [3.63, 3.8) is 0 Å². The van der Waals surface area contributed by atoms with Gasteiger partial charge < -0.3 is 5.11 Å². The lowest BCUT2D eigenvalue weighted by Gasteiger charge is -2.20. The van der Waals surface area contributed by atoms with Gasteiger partial charge in [0.15, 0.2) is 5.75 Å². The molecular formula is C14H17FN2O. The zero-order chi connectivity index (χ0) is 13.5. The molecular weight excluding hydrogens is 231 g/mol. The molecule has 1 heterocycles. The molecule has 2 rings (SSSR count). The van der Waals surface area contributed by atoms with Crippen molar-refractivity contribution in [3.05, 3.63) is 35.8 Å². The summed E-state index contributed by atoms with van der Waals surface area (Å²) in [5, 5.41) is 14.6. The van der Waals surface area contributed by atoms with E-state index in [-0.39, 0.29) is 17.1 Å². The minimum absolute atomic E-state index is 0.150. The molecule has 0 radical (unpaired) electrons. The van der Waals surface area contributed by atoms with Gasteiger partial charge in [0.1, 0.15) is 11.5 Å². The second-order valence-electron chi connectivity index (χ2n) is 5.37. The van der Waals surface area contributed by atoms with Crippen molar-refractivity contribution in [2.45, 2.75) is 33.2 Å². The van der Waals surface area contributed by atoms with Crippen molar-refractivity contribution >= 4 is 0 Å². The van der Waals surface area contributed by atoms with E-state index in [9.17, 15) is 9.50 Å². The van der Waals surface area contributed by atoms with Gasteiger partial charge in [0.25, 0.3) is 0 Å². The van der Waals surface area contributed by atoms with Gasteiger partial charge in [-0.1, -0.05) is 0 Å². The van der Waals surface area contributed by atoms with Crippen LogP contribution in [-0.4, -0.2) is 14.9 Å². The summed E-state index contributed by atoms with van der Waals surface area (Å²) in [7, 11) is 0. The van der Waals surface area contributed by atoms with Crippen molar-refractivity contribution in [2.24, 2.45) is 0 Å². The highest BCUT2D eigenvalue weighted by Gasteiger charge is 2.22. The van der Waals surface area contributed by atoms with Gasteiger partial charge in [-0.25, -0.2) is 4.39 Å². The van der Waals surface area contributed by atoms with E-state index in [0.717, 1.165) is 0 Å². The molecule has 1 N–H and O–H groups in total. The van der Waals surface area contributed by atoms with Crippen molar-refractivity contribution in [3.8, 4) is 17.0 Å². The molecule has 0 spiro atoms. The Morgan fingerprint density at radius 3 is 2.17 bits per heavy atom. The third-order valence-corrected chi connectivity index (χ3v) is 2.84. The molecule has 18 heavy (non-hydrogen) atoms. The smallest absolute Gasteiger partial charge is 0.164 e. The Bertz CT molecular complexity index is 565. The summed E-state index contributed by atoms with van der Waals surface area (Å²) in [6.45, 7) is 7.86. The number of aromatic nitrogens is 2. The third-order valence-electron chi connectivity index (χ3n) is 2.84. The van der Waals surface area contributed by atoms with E-state index in [0.29, 0.717) is 17.0 Å². The van der Waals surface area contributed by atoms with E-state index < -0.39 is 0 Å². The molecule has 1 aromatic carbocycles. The molecule has 1 aromatic heterocycles. The maximum Gasteiger partial charge on any atom is 0.164 e. The lowest BCUT2D eigenvalue weighted by atomic mass is 10.1. The normalized spacial score (nSPS) is 11.8. The molecule has 0 aliphatic rings. The minimum Gasteiger partial charge on any atom is -0.504 e. The minimum atomic E-state index is -0.301. The van der Waals surface area contributed by atoms with Crippen LogP contribution in [0.3, 0.4) is 0 Å². The van der Waals surface area contributed by atoms with Crippen LogP contribution in [0.5, 0.6) is 5.75 Å². The SMILES string of the molecule is Cc1c(O)c(-c2ccc(F)cc2)nn1C(C)(C)C. The van der Waals surface area contributed by atoms with Gasteiger partial charge in [-0.2, -0.15) is 5.10 Å². The monoisotopic (exact) mass is 248 g/mol. The van der Waals surface area contributed by atoms with Crippen molar-refractivity contribution in [1.29, 1.82) is 0 Å². The highest BCUT2D eigenvalue weighted by Crippen LogP contribution is 2.33. The number of hydrogen-bond acceptors (Lipinski definition) is 2. The Hall–Kier alpha value is -1.84. The first kappa shape index (κ1) is 12.6. The second kappa shape index (κ2) is 4.12. The average Bonchev–Trinajstić information content (AvgIpc) is 2.57. The van der Waals surface area contributed by atoms with Crippen LogP contribution in [0.4, 0.5) is 4.39 Å². The first-order valence-electron chi connectivity index (χ1n) is 5.85. The fourth-order valence-electron chi connectivity index (χ4n) is 1.95. The van der Waals surface area contributed by atoms with Crippen LogP contribution < -0.4 is 0 Å². The number of halogens is 1. The van der Waals surface area contributed by atoms with Gasteiger partial charge >= 0.3 is 0 Å².